The fourth-order valence-electron chi connectivity index (χ4n) is 2.37. The summed E-state index contributed by atoms with van der Waals surface area (Å²) in [5.41, 5.74) is 6.61. The topological polar surface area (TPSA) is 75.4 Å². The van der Waals surface area contributed by atoms with Crippen LogP contribution < -0.4 is 11.1 Å². The summed E-state index contributed by atoms with van der Waals surface area (Å²) in [6.45, 7) is 2.94. The van der Waals surface area contributed by atoms with Crippen molar-refractivity contribution in [3.05, 3.63) is 29.8 Å². The minimum atomic E-state index is -0.107. The maximum atomic E-state index is 11.7. The third kappa shape index (κ3) is 8.91. The van der Waals surface area contributed by atoms with Crippen LogP contribution in [0.5, 0.6) is 5.75 Å². The minimum Gasteiger partial charge on any atom is -0.506 e. The first-order valence-electron chi connectivity index (χ1n) is 8.68. The average Bonchev–Trinajstić information content (AvgIpc) is 2.54. The SMILES string of the molecule is CCCCCCCCCCNC(=O)/C=C/c1ccc(N)c(O)c1. The molecule has 1 rings (SSSR count). The van der Waals surface area contributed by atoms with Crippen molar-refractivity contribution in [3.8, 4) is 5.75 Å². The Morgan fingerprint density at radius 2 is 1.78 bits per heavy atom. The molecule has 0 fully saturated rings. The summed E-state index contributed by atoms with van der Waals surface area (Å²) < 4.78 is 0. The first kappa shape index (κ1) is 19.1. The van der Waals surface area contributed by atoms with Gasteiger partial charge >= 0.3 is 0 Å². The van der Waals surface area contributed by atoms with Crippen molar-refractivity contribution >= 4 is 17.7 Å². The average molecular weight is 318 g/mol. The van der Waals surface area contributed by atoms with Crippen molar-refractivity contribution in [2.45, 2.75) is 58.3 Å². The van der Waals surface area contributed by atoms with Crippen molar-refractivity contribution in [3.63, 3.8) is 0 Å². The highest BCUT2D eigenvalue weighted by atomic mass is 16.3. The van der Waals surface area contributed by atoms with E-state index in [2.05, 4.69) is 12.2 Å². The number of nitrogen functional groups attached to an aromatic ring is 1. The lowest BCUT2D eigenvalue weighted by atomic mass is 10.1. The Hall–Kier alpha value is -1.97. The van der Waals surface area contributed by atoms with Crippen molar-refractivity contribution in [2.75, 3.05) is 12.3 Å². The van der Waals surface area contributed by atoms with Crippen LogP contribution in [0.25, 0.3) is 6.08 Å². The maximum absolute atomic E-state index is 11.7. The largest absolute Gasteiger partial charge is 0.506 e. The van der Waals surface area contributed by atoms with E-state index in [0.29, 0.717) is 12.2 Å². The first-order valence-corrected chi connectivity index (χ1v) is 8.68. The molecule has 4 nitrogen and oxygen atoms in total. The number of carbonyl (C=O) groups excluding carboxylic acids is 1. The highest BCUT2D eigenvalue weighted by Crippen LogP contribution is 2.21. The van der Waals surface area contributed by atoms with Gasteiger partial charge in [-0.05, 0) is 30.2 Å². The molecule has 0 atom stereocenters. The molecule has 1 aromatic carbocycles. The van der Waals surface area contributed by atoms with Crippen LogP contribution in [0.2, 0.25) is 0 Å². The molecule has 0 bridgehead atoms. The molecule has 4 heteroatoms. The molecule has 4 N–H and O–H groups in total. The summed E-state index contributed by atoms with van der Waals surface area (Å²) in [5, 5.41) is 12.4. The molecule has 0 saturated heterocycles. The Kier molecular flexibility index (Phi) is 9.60. The third-order valence-electron chi connectivity index (χ3n) is 3.81. The molecule has 0 heterocycles. The number of unbranched alkanes of at least 4 members (excludes halogenated alkanes) is 7. The summed E-state index contributed by atoms with van der Waals surface area (Å²) in [5.74, 6) is -0.0734. The number of carbonyl (C=O) groups is 1. The first-order chi connectivity index (χ1) is 11.1. The van der Waals surface area contributed by atoms with E-state index in [9.17, 15) is 9.90 Å². The molecule has 1 aromatic rings. The zero-order valence-electron chi connectivity index (χ0n) is 14.2. The second kappa shape index (κ2) is 11.6. The zero-order chi connectivity index (χ0) is 16.9. The predicted octanol–water partition coefficient (Wildman–Crippen LogP) is 4.24. The van der Waals surface area contributed by atoms with Crippen molar-refractivity contribution in [1.82, 2.24) is 5.32 Å². The number of nitrogens with one attached hydrogen (secondary N) is 1. The van der Waals surface area contributed by atoms with E-state index in [1.54, 1.807) is 18.2 Å². The molecule has 0 aliphatic carbocycles. The van der Waals surface area contributed by atoms with E-state index in [4.69, 9.17) is 5.73 Å². The predicted molar refractivity (Wildman–Crippen MR) is 97.2 cm³/mol. The fraction of sp³-hybridized carbons (Fsp3) is 0.526. The molecule has 0 aromatic heterocycles. The van der Waals surface area contributed by atoms with Gasteiger partial charge in [0, 0.05) is 12.6 Å². The Morgan fingerprint density at radius 3 is 2.43 bits per heavy atom. The van der Waals surface area contributed by atoms with E-state index in [0.717, 1.165) is 12.0 Å². The molecule has 0 radical (unpaired) electrons. The number of hydrogen-bond donors (Lipinski definition) is 3. The lowest BCUT2D eigenvalue weighted by molar-refractivity contribution is -0.116. The van der Waals surface area contributed by atoms with Crippen molar-refractivity contribution in [2.24, 2.45) is 0 Å². The molecule has 0 aliphatic heterocycles. The second-order valence-electron chi connectivity index (χ2n) is 5.92. The minimum absolute atomic E-state index is 0.0338. The summed E-state index contributed by atoms with van der Waals surface area (Å²) in [7, 11) is 0. The second-order valence-corrected chi connectivity index (χ2v) is 5.92. The standard InChI is InChI=1S/C19H30N2O2/c1-2-3-4-5-6-7-8-9-14-21-19(23)13-11-16-10-12-17(20)18(22)15-16/h10-13,15,22H,2-9,14,20H2,1H3,(H,21,23)/b13-11+. The van der Waals surface area contributed by atoms with Crippen molar-refractivity contribution in [1.29, 1.82) is 0 Å². The Labute approximate surface area is 139 Å². The molecule has 0 unspecified atom stereocenters. The van der Waals surface area contributed by atoms with Gasteiger partial charge in [0.05, 0.1) is 5.69 Å². The van der Waals surface area contributed by atoms with Gasteiger partial charge < -0.3 is 16.2 Å². The summed E-state index contributed by atoms with van der Waals surface area (Å²) >= 11 is 0. The molecular weight excluding hydrogens is 288 g/mol. The normalized spacial score (nSPS) is 11.0. The summed E-state index contributed by atoms with van der Waals surface area (Å²) in [6, 6.07) is 4.92. The third-order valence-corrected chi connectivity index (χ3v) is 3.81. The molecular formula is C19H30N2O2. The molecule has 128 valence electrons. The molecule has 0 saturated carbocycles. The lowest BCUT2D eigenvalue weighted by Crippen LogP contribution is -2.21. The number of phenolic OH excluding ortho intramolecular Hbond substituents is 1. The van der Waals surface area contributed by atoms with Gasteiger partial charge in [-0.2, -0.15) is 0 Å². The van der Waals surface area contributed by atoms with Crippen LogP contribution in [0.15, 0.2) is 24.3 Å². The van der Waals surface area contributed by atoms with E-state index < -0.39 is 0 Å². The number of anilines is 1. The maximum Gasteiger partial charge on any atom is 0.243 e. The molecule has 1 amide bonds. The van der Waals surface area contributed by atoms with Gasteiger partial charge in [0.1, 0.15) is 5.75 Å². The molecule has 0 aliphatic rings. The summed E-state index contributed by atoms with van der Waals surface area (Å²) in [4.78, 5) is 11.7. The Morgan fingerprint density at radius 1 is 1.13 bits per heavy atom. The van der Waals surface area contributed by atoms with E-state index >= 15 is 0 Å². The monoisotopic (exact) mass is 318 g/mol. The van der Waals surface area contributed by atoms with Gasteiger partial charge in [0.2, 0.25) is 5.91 Å². The number of amides is 1. The van der Waals surface area contributed by atoms with Crippen LogP contribution in [0.4, 0.5) is 5.69 Å². The van der Waals surface area contributed by atoms with Gasteiger partial charge in [0.25, 0.3) is 0 Å². The van der Waals surface area contributed by atoms with E-state index in [1.165, 1.54) is 57.1 Å². The van der Waals surface area contributed by atoms with Gasteiger partial charge in [-0.3, -0.25) is 4.79 Å². The Bertz CT molecular complexity index is 498. The van der Waals surface area contributed by atoms with E-state index in [-0.39, 0.29) is 11.7 Å². The fourth-order valence-corrected chi connectivity index (χ4v) is 2.37. The van der Waals surface area contributed by atoms with Crippen LogP contribution in [0.3, 0.4) is 0 Å². The van der Waals surface area contributed by atoms with Gasteiger partial charge in [0.15, 0.2) is 0 Å². The van der Waals surface area contributed by atoms with Gasteiger partial charge in [-0.15, -0.1) is 0 Å². The highest BCUT2D eigenvalue weighted by Gasteiger charge is 1.98. The highest BCUT2D eigenvalue weighted by molar-refractivity contribution is 5.91. The van der Waals surface area contributed by atoms with E-state index in [1.807, 2.05) is 0 Å². The quantitative estimate of drug-likeness (QED) is 0.247. The summed E-state index contributed by atoms with van der Waals surface area (Å²) in [6.07, 6.45) is 13.2. The number of nitrogens with two attached hydrogens (primary N) is 1. The smallest absolute Gasteiger partial charge is 0.243 e. The van der Waals surface area contributed by atoms with Crippen LogP contribution >= 0.6 is 0 Å². The molecule has 23 heavy (non-hydrogen) atoms. The molecule has 0 spiro atoms. The number of phenols is 1. The van der Waals surface area contributed by atoms with Crippen LogP contribution in [0, 0.1) is 0 Å². The number of rotatable bonds is 11. The van der Waals surface area contributed by atoms with Crippen LogP contribution in [-0.4, -0.2) is 17.6 Å². The van der Waals surface area contributed by atoms with Crippen molar-refractivity contribution < 1.29 is 9.90 Å². The van der Waals surface area contributed by atoms with Crippen LogP contribution in [0.1, 0.15) is 63.9 Å². The Balaban J connectivity index is 2.10. The lowest BCUT2D eigenvalue weighted by Gasteiger charge is -2.03. The van der Waals surface area contributed by atoms with Gasteiger partial charge in [-0.1, -0.05) is 57.9 Å². The number of benzene rings is 1. The van der Waals surface area contributed by atoms with Gasteiger partial charge in [-0.25, -0.2) is 0 Å². The van der Waals surface area contributed by atoms with Crippen LogP contribution in [-0.2, 0) is 4.79 Å². The zero-order valence-corrected chi connectivity index (χ0v) is 14.2. The number of hydrogen-bond acceptors (Lipinski definition) is 3. The number of aromatic hydroxyl groups is 1.